The number of halogens is 2. The van der Waals surface area contributed by atoms with E-state index in [2.05, 4.69) is 5.32 Å². The molecular weight excluding hydrogens is 407 g/mol. The highest BCUT2D eigenvalue weighted by molar-refractivity contribution is 7.92. The van der Waals surface area contributed by atoms with Gasteiger partial charge in [-0.05, 0) is 49.7 Å². The van der Waals surface area contributed by atoms with Gasteiger partial charge in [-0.2, -0.15) is 0 Å². The maximum Gasteiger partial charge on any atom is 0.251 e. The molecule has 1 atom stereocenters. The number of rotatable bonds is 7. The molecule has 27 heavy (non-hydrogen) atoms. The topological polar surface area (TPSA) is 66.5 Å². The van der Waals surface area contributed by atoms with Crippen LogP contribution in [0.25, 0.3) is 0 Å². The molecule has 0 aliphatic heterocycles. The maximum atomic E-state index is 12.3. The Balaban J connectivity index is 2.32. The van der Waals surface area contributed by atoms with Gasteiger partial charge in [0.25, 0.3) is 5.91 Å². The Bertz CT molecular complexity index is 895. The lowest BCUT2D eigenvalue weighted by molar-refractivity contribution is 0.0939. The van der Waals surface area contributed by atoms with Gasteiger partial charge in [-0.25, -0.2) is 8.42 Å². The van der Waals surface area contributed by atoms with E-state index in [9.17, 15) is 13.2 Å². The molecule has 0 saturated carbocycles. The Morgan fingerprint density at radius 3 is 2.15 bits per heavy atom. The van der Waals surface area contributed by atoms with Gasteiger partial charge in [0, 0.05) is 27.2 Å². The van der Waals surface area contributed by atoms with E-state index in [0.29, 0.717) is 26.9 Å². The zero-order valence-corrected chi connectivity index (χ0v) is 17.7. The van der Waals surface area contributed by atoms with Gasteiger partial charge in [-0.1, -0.05) is 36.2 Å². The second kappa shape index (κ2) is 8.95. The first kappa shape index (κ1) is 21.5. The summed E-state index contributed by atoms with van der Waals surface area (Å²) in [7, 11) is -3.59. The predicted molar refractivity (Wildman–Crippen MR) is 111 cm³/mol. The van der Waals surface area contributed by atoms with Crippen LogP contribution >= 0.6 is 23.2 Å². The van der Waals surface area contributed by atoms with Crippen molar-refractivity contribution in [2.75, 3.05) is 10.6 Å². The summed E-state index contributed by atoms with van der Waals surface area (Å²) in [6, 6.07) is 11.5. The van der Waals surface area contributed by atoms with Crippen molar-refractivity contribution in [1.29, 1.82) is 0 Å². The number of carbonyl (C=O) groups excluding carboxylic acids is 1. The van der Waals surface area contributed by atoms with Gasteiger partial charge in [0.1, 0.15) is 0 Å². The van der Waals surface area contributed by atoms with Crippen LogP contribution in [0.1, 0.15) is 36.2 Å². The zero-order chi connectivity index (χ0) is 20.2. The molecule has 5 nitrogen and oxygen atoms in total. The number of nitrogens with zero attached hydrogens (tertiary/aromatic N) is 1. The number of anilines is 1. The second-order valence-corrected chi connectivity index (χ2v) is 9.02. The standard InChI is InChI=1S/C19H22Cl2N2O3S/c1-4-13(2)22-19(24)14-8-10-15(11-9-14)23(27(3,25)26)12-16-17(20)6-5-7-18(16)21/h5-11,13H,4,12H2,1-3H3,(H,22,24)/t13-/m1/s1. The van der Waals surface area contributed by atoms with E-state index in [1.165, 1.54) is 4.31 Å². The zero-order valence-electron chi connectivity index (χ0n) is 15.4. The van der Waals surface area contributed by atoms with Gasteiger partial charge in [-0.3, -0.25) is 9.10 Å². The summed E-state index contributed by atoms with van der Waals surface area (Å²) < 4.78 is 25.8. The van der Waals surface area contributed by atoms with Crippen LogP contribution in [0.2, 0.25) is 10.0 Å². The molecule has 0 spiro atoms. The molecular formula is C19H22Cl2N2O3S. The van der Waals surface area contributed by atoms with Crippen molar-refractivity contribution in [2.24, 2.45) is 0 Å². The number of amides is 1. The van der Waals surface area contributed by atoms with Crippen LogP contribution in [0.5, 0.6) is 0 Å². The van der Waals surface area contributed by atoms with Gasteiger partial charge in [0.05, 0.1) is 18.5 Å². The Morgan fingerprint density at radius 2 is 1.67 bits per heavy atom. The first-order valence-corrected chi connectivity index (χ1v) is 11.1. The number of sulfonamides is 1. The Kier molecular flexibility index (Phi) is 7.14. The fourth-order valence-electron chi connectivity index (χ4n) is 2.42. The quantitative estimate of drug-likeness (QED) is 0.706. The van der Waals surface area contributed by atoms with Crippen molar-refractivity contribution in [3.63, 3.8) is 0 Å². The highest BCUT2D eigenvalue weighted by Crippen LogP contribution is 2.29. The molecule has 2 aromatic carbocycles. The smallest absolute Gasteiger partial charge is 0.251 e. The van der Waals surface area contributed by atoms with Crippen LogP contribution in [0.15, 0.2) is 42.5 Å². The van der Waals surface area contributed by atoms with Crippen molar-refractivity contribution >= 4 is 44.8 Å². The summed E-state index contributed by atoms with van der Waals surface area (Å²) in [5, 5.41) is 3.65. The lowest BCUT2D eigenvalue weighted by atomic mass is 10.1. The molecule has 0 bridgehead atoms. The number of benzene rings is 2. The van der Waals surface area contributed by atoms with E-state index in [1.807, 2.05) is 13.8 Å². The van der Waals surface area contributed by atoms with Crippen LogP contribution < -0.4 is 9.62 Å². The molecule has 0 radical (unpaired) electrons. The van der Waals surface area contributed by atoms with Crippen LogP contribution in [-0.2, 0) is 16.6 Å². The molecule has 1 N–H and O–H groups in total. The van der Waals surface area contributed by atoms with E-state index in [0.717, 1.165) is 12.7 Å². The number of carbonyl (C=O) groups is 1. The summed E-state index contributed by atoms with van der Waals surface area (Å²) in [5.74, 6) is -0.198. The minimum atomic E-state index is -3.59. The molecule has 0 fully saturated rings. The molecule has 0 unspecified atom stereocenters. The Labute approximate surface area is 170 Å². The monoisotopic (exact) mass is 428 g/mol. The van der Waals surface area contributed by atoms with E-state index in [4.69, 9.17) is 23.2 Å². The summed E-state index contributed by atoms with van der Waals surface area (Å²) in [5.41, 5.74) is 1.40. The largest absolute Gasteiger partial charge is 0.350 e. The molecule has 1 amide bonds. The maximum absolute atomic E-state index is 12.3. The van der Waals surface area contributed by atoms with E-state index >= 15 is 0 Å². The van der Waals surface area contributed by atoms with E-state index < -0.39 is 10.0 Å². The van der Waals surface area contributed by atoms with Gasteiger partial charge in [-0.15, -0.1) is 0 Å². The average Bonchev–Trinajstić information content (AvgIpc) is 2.60. The number of hydrogen-bond donors (Lipinski definition) is 1. The molecule has 0 aliphatic carbocycles. The molecule has 8 heteroatoms. The van der Waals surface area contributed by atoms with Crippen molar-refractivity contribution < 1.29 is 13.2 Å². The third-order valence-electron chi connectivity index (χ3n) is 4.17. The molecule has 0 heterocycles. The summed E-state index contributed by atoms with van der Waals surface area (Å²) in [4.78, 5) is 12.2. The first-order chi connectivity index (χ1) is 12.6. The van der Waals surface area contributed by atoms with Crippen LogP contribution in [0.4, 0.5) is 5.69 Å². The minimum Gasteiger partial charge on any atom is -0.350 e. The average molecular weight is 429 g/mol. The molecule has 2 aromatic rings. The molecule has 0 saturated heterocycles. The third kappa shape index (κ3) is 5.61. The SMILES string of the molecule is CC[C@@H](C)NC(=O)c1ccc(N(Cc2c(Cl)cccc2Cl)S(C)(=O)=O)cc1. The lowest BCUT2D eigenvalue weighted by Crippen LogP contribution is -2.32. The summed E-state index contributed by atoms with van der Waals surface area (Å²) >= 11 is 12.4. The van der Waals surface area contributed by atoms with Crippen molar-refractivity contribution in [3.8, 4) is 0 Å². The fourth-order valence-corrected chi connectivity index (χ4v) is 3.80. The van der Waals surface area contributed by atoms with Gasteiger partial charge >= 0.3 is 0 Å². The van der Waals surface area contributed by atoms with Gasteiger partial charge in [0.15, 0.2) is 0 Å². The lowest BCUT2D eigenvalue weighted by Gasteiger charge is -2.24. The molecule has 2 rings (SSSR count). The molecule has 0 aliphatic rings. The second-order valence-electron chi connectivity index (χ2n) is 6.30. The highest BCUT2D eigenvalue weighted by Gasteiger charge is 2.21. The summed E-state index contributed by atoms with van der Waals surface area (Å²) in [6.45, 7) is 3.90. The van der Waals surface area contributed by atoms with Gasteiger partial charge < -0.3 is 5.32 Å². The Morgan fingerprint density at radius 1 is 1.11 bits per heavy atom. The normalized spacial score (nSPS) is 12.5. The third-order valence-corrected chi connectivity index (χ3v) is 6.02. The molecule has 146 valence electrons. The van der Waals surface area contributed by atoms with Crippen molar-refractivity contribution in [1.82, 2.24) is 5.32 Å². The van der Waals surface area contributed by atoms with Crippen LogP contribution in [-0.4, -0.2) is 26.6 Å². The number of hydrogen-bond acceptors (Lipinski definition) is 3. The fraction of sp³-hybridized carbons (Fsp3) is 0.316. The predicted octanol–water partition coefficient (Wildman–Crippen LogP) is 4.49. The highest BCUT2D eigenvalue weighted by atomic mass is 35.5. The van der Waals surface area contributed by atoms with Gasteiger partial charge in [0.2, 0.25) is 10.0 Å². The van der Waals surface area contributed by atoms with Crippen molar-refractivity contribution in [3.05, 3.63) is 63.6 Å². The van der Waals surface area contributed by atoms with Crippen molar-refractivity contribution in [2.45, 2.75) is 32.9 Å². The van der Waals surface area contributed by atoms with E-state index in [-0.39, 0.29) is 18.5 Å². The summed E-state index contributed by atoms with van der Waals surface area (Å²) in [6.07, 6.45) is 1.94. The molecule has 0 aromatic heterocycles. The first-order valence-electron chi connectivity index (χ1n) is 8.45. The minimum absolute atomic E-state index is 0.00421. The number of nitrogens with one attached hydrogen (secondary N) is 1. The van der Waals surface area contributed by atoms with Crippen LogP contribution in [0, 0.1) is 0 Å². The van der Waals surface area contributed by atoms with Crippen LogP contribution in [0.3, 0.4) is 0 Å². The Hall–Kier alpha value is -1.76. The van der Waals surface area contributed by atoms with E-state index in [1.54, 1.807) is 42.5 Å².